The molecule has 1 saturated heterocycles. The molecule has 0 spiro atoms. The predicted molar refractivity (Wildman–Crippen MR) is 176 cm³/mol. The number of ether oxygens (including phenoxy) is 1. The lowest BCUT2D eigenvalue weighted by atomic mass is 10.1. The van der Waals surface area contributed by atoms with Gasteiger partial charge in [-0.1, -0.05) is 24.3 Å². The number of rotatable bonds is 17. The molecule has 252 valence electrons. The maximum atomic E-state index is 13.9. The quantitative estimate of drug-likeness (QED) is 0.0598. The summed E-state index contributed by atoms with van der Waals surface area (Å²) in [6.07, 6.45) is 0.428. The van der Waals surface area contributed by atoms with Crippen LogP contribution in [0.25, 0.3) is 0 Å². The summed E-state index contributed by atoms with van der Waals surface area (Å²) in [5.74, 6) is -1.24. The lowest BCUT2D eigenvalue weighted by Gasteiger charge is -2.28. The fraction of sp³-hybridized carbons (Fsp3) is 0.467. The molecule has 16 heteroatoms. The number of nitrogens with one attached hydrogen (secondary N) is 4. The van der Waals surface area contributed by atoms with Crippen molar-refractivity contribution in [1.29, 1.82) is 5.41 Å². The highest BCUT2D eigenvalue weighted by Gasteiger charge is 2.39. The Labute approximate surface area is 271 Å². The Balaban J connectivity index is 1.72. The third-order valence-corrected chi connectivity index (χ3v) is 11.6. The van der Waals surface area contributed by atoms with Crippen molar-refractivity contribution >= 4 is 41.9 Å². The number of nitrogens with two attached hydrogens (primary N) is 2. The molecule has 0 radical (unpaired) electrons. The van der Waals surface area contributed by atoms with E-state index in [1.54, 1.807) is 24.3 Å². The number of methoxy groups -OCH3 is 1. The van der Waals surface area contributed by atoms with Gasteiger partial charge in [-0.25, -0.2) is 8.42 Å². The van der Waals surface area contributed by atoms with E-state index >= 15 is 0 Å². The molecule has 1 aliphatic heterocycles. The van der Waals surface area contributed by atoms with Gasteiger partial charge in [0.25, 0.3) is 0 Å². The van der Waals surface area contributed by atoms with Gasteiger partial charge in [0.05, 0.1) is 25.0 Å². The van der Waals surface area contributed by atoms with E-state index in [1.807, 2.05) is 13.1 Å². The minimum Gasteiger partial charge on any atom is -0.497 e. The van der Waals surface area contributed by atoms with Crippen LogP contribution in [0, 0.1) is 5.41 Å². The SMILES string of the molecule is COc1ccc(S(=O)(=O)N[C@H](CC(=O)NCCO[Si](C)(C)CCN)C(=O)N2CCC[C@@H]2C(=O)NCc2ccc(C(=N)N)cc2)cc1. The molecular formula is C30H45N7O7SSi. The van der Waals surface area contributed by atoms with Crippen LogP contribution >= 0.6 is 0 Å². The normalized spacial score (nSPS) is 15.7. The minimum absolute atomic E-state index is 0.0667. The monoisotopic (exact) mass is 675 g/mol. The first kappa shape index (κ1) is 36.6. The number of sulfonamides is 1. The van der Waals surface area contributed by atoms with Crippen LogP contribution in [0.1, 0.15) is 30.4 Å². The molecule has 3 rings (SSSR count). The zero-order chi connectivity index (χ0) is 33.9. The van der Waals surface area contributed by atoms with Crippen LogP contribution in [0.4, 0.5) is 0 Å². The summed E-state index contributed by atoms with van der Waals surface area (Å²) in [7, 11) is -4.75. The highest BCUT2D eigenvalue weighted by molar-refractivity contribution is 7.89. The Morgan fingerprint density at radius 3 is 2.37 bits per heavy atom. The van der Waals surface area contributed by atoms with Crippen LogP contribution in [0.3, 0.4) is 0 Å². The molecule has 0 saturated carbocycles. The van der Waals surface area contributed by atoms with Crippen LogP contribution in [0.2, 0.25) is 19.1 Å². The van der Waals surface area contributed by atoms with Gasteiger partial charge in [0.2, 0.25) is 27.7 Å². The van der Waals surface area contributed by atoms with Crippen molar-refractivity contribution < 1.29 is 32.0 Å². The summed E-state index contributed by atoms with van der Waals surface area (Å²) in [4.78, 5) is 41.3. The molecule has 1 fully saturated rings. The van der Waals surface area contributed by atoms with Crippen molar-refractivity contribution in [1.82, 2.24) is 20.3 Å². The molecule has 2 atom stereocenters. The molecule has 14 nitrogen and oxygen atoms in total. The van der Waals surface area contributed by atoms with Crippen molar-refractivity contribution in [2.75, 3.05) is 33.4 Å². The van der Waals surface area contributed by atoms with Gasteiger partial charge in [0, 0.05) is 25.2 Å². The van der Waals surface area contributed by atoms with Crippen LogP contribution in [0.15, 0.2) is 53.4 Å². The number of hydrogen-bond acceptors (Lipinski definition) is 9. The molecule has 0 bridgehead atoms. The molecule has 46 heavy (non-hydrogen) atoms. The number of nitrogens with zero attached hydrogens (tertiary/aromatic N) is 1. The highest BCUT2D eigenvalue weighted by Crippen LogP contribution is 2.21. The minimum atomic E-state index is -4.24. The molecule has 1 heterocycles. The van der Waals surface area contributed by atoms with Gasteiger partial charge in [-0.15, -0.1) is 0 Å². The van der Waals surface area contributed by atoms with E-state index in [1.165, 1.54) is 36.3 Å². The lowest BCUT2D eigenvalue weighted by molar-refractivity contribution is -0.140. The van der Waals surface area contributed by atoms with Crippen LogP contribution in [-0.2, 0) is 35.4 Å². The molecule has 0 aliphatic carbocycles. The molecule has 1 aliphatic rings. The van der Waals surface area contributed by atoms with Crippen LogP contribution in [0.5, 0.6) is 5.75 Å². The standard InChI is InChI=1S/C30H45N7O7SSi/c1-43-23-10-12-24(13-11-23)45(41,42)36-25(19-27(38)34-15-17-44-46(2,3)18-14-31)30(40)37-16-4-5-26(37)29(39)35-20-21-6-8-22(9-7-21)28(32)33/h6-13,25-26,36H,4-5,14-20,31H2,1-3H3,(H3,32,33)(H,34,38)(H,35,39)/t25-,26-/m1/s1. The van der Waals surface area contributed by atoms with Gasteiger partial charge in [0.1, 0.15) is 23.7 Å². The van der Waals surface area contributed by atoms with Gasteiger partial charge in [-0.2, -0.15) is 4.72 Å². The lowest BCUT2D eigenvalue weighted by Crippen LogP contribution is -2.54. The topological polar surface area (TPSA) is 219 Å². The number of amides is 3. The molecule has 2 aromatic rings. The van der Waals surface area contributed by atoms with E-state index in [0.717, 1.165) is 11.6 Å². The summed E-state index contributed by atoms with van der Waals surface area (Å²) in [6, 6.07) is 10.9. The third kappa shape index (κ3) is 10.6. The van der Waals surface area contributed by atoms with E-state index in [2.05, 4.69) is 15.4 Å². The number of likely N-dealkylation sites (tertiary alicyclic amines) is 1. The molecule has 3 amide bonds. The van der Waals surface area contributed by atoms with Crippen molar-refractivity contribution in [2.45, 2.75) is 61.9 Å². The van der Waals surface area contributed by atoms with E-state index in [4.69, 9.17) is 26.0 Å². The van der Waals surface area contributed by atoms with E-state index in [0.29, 0.717) is 30.7 Å². The Morgan fingerprint density at radius 2 is 1.76 bits per heavy atom. The molecular weight excluding hydrogens is 631 g/mol. The second-order valence-electron chi connectivity index (χ2n) is 11.6. The zero-order valence-corrected chi connectivity index (χ0v) is 28.3. The van der Waals surface area contributed by atoms with E-state index in [-0.39, 0.29) is 37.0 Å². The van der Waals surface area contributed by atoms with Gasteiger partial charge in [-0.3, -0.25) is 19.8 Å². The largest absolute Gasteiger partial charge is 0.497 e. The molecule has 8 N–H and O–H groups in total. The molecule has 0 aromatic heterocycles. The first-order valence-electron chi connectivity index (χ1n) is 15.0. The number of nitrogen functional groups attached to an aromatic ring is 1. The Bertz CT molecular complexity index is 1470. The maximum Gasteiger partial charge on any atom is 0.243 e. The smallest absolute Gasteiger partial charge is 0.243 e. The second-order valence-corrected chi connectivity index (χ2v) is 17.6. The van der Waals surface area contributed by atoms with E-state index in [9.17, 15) is 22.8 Å². The fourth-order valence-electron chi connectivity index (χ4n) is 5.00. The van der Waals surface area contributed by atoms with Gasteiger partial charge in [0.15, 0.2) is 8.32 Å². The van der Waals surface area contributed by atoms with E-state index < -0.39 is 54.6 Å². The summed E-state index contributed by atoms with van der Waals surface area (Å²) >= 11 is 0. The fourth-order valence-corrected chi connectivity index (χ4v) is 7.68. The zero-order valence-electron chi connectivity index (χ0n) is 26.5. The molecule has 2 aromatic carbocycles. The first-order chi connectivity index (χ1) is 21.8. The average Bonchev–Trinajstić information content (AvgIpc) is 3.51. The average molecular weight is 676 g/mol. The Morgan fingerprint density at radius 1 is 1.09 bits per heavy atom. The summed E-state index contributed by atoms with van der Waals surface area (Å²) in [5.41, 5.74) is 12.5. The number of benzene rings is 2. The van der Waals surface area contributed by atoms with Crippen LogP contribution in [-0.4, -0.2) is 90.6 Å². The number of hydrogen-bond donors (Lipinski definition) is 6. The summed E-state index contributed by atoms with van der Waals surface area (Å²) in [5, 5.41) is 13.0. The Kier molecular flexibility index (Phi) is 13.3. The Hall–Kier alpha value is -3.83. The predicted octanol–water partition coefficient (Wildman–Crippen LogP) is 0.620. The van der Waals surface area contributed by atoms with Crippen LogP contribution < -0.4 is 31.6 Å². The number of carbonyl (C=O) groups is 3. The number of amidine groups is 1. The van der Waals surface area contributed by atoms with Crippen molar-refractivity contribution in [3.05, 3.63) is 59.7 Å². The number of carbonyl (C=O) groups excluding carboxylic acids is 3. The second kappa shape index (κ2) is 16.6. The third-order valence-electron chi connectivity index (χ3n) is 7.59. The van der Waals surface area contributed by atoms with Crippen molar-refractivity contribution in [3.63, 3.8) is 0 Å². The molecule has 0 unspecified atom stereocenters. The summed E-state index contributed by atoms with van der Waals surface area (Å²) in [6.45, 7) is 5.39. The van der Waals surface area contributed by atoms with Crippen molar-refractivity contribution in [3.8, 4) is 5.75 Å². The van der Waals surface area contributed by atoms with Crippen molar-refractivity contribution in [2.24, 2.45) is 11.5 Å². The van der Waals surface area contributed by atoms with Gasteiger partial charge >= 0.3 is 0 Å². The first-order valence-corrected chi connectivity index (χ1v) is 19.6. The highest BCUT2D eigenvalue weighted by atomic mass is 32.2. The maximum absolute atomic E-state index is 13.9. The summed E-state index contributed by atoms with van der Waals surface area (Å²) < 4.78 is 40.1. The van der Waals surface area contributed by atoms with Gasteiger partial charge < -0.3 is 36.2 Å². The van der Waals surface area contributed by atoms with Gasteiger partial charge in [-0.05, 0) is 68.4 Å².